The number of carbonyl (C=O) groups is 1. The van der Waals surface area contributed by atoms with Crippen LogP contribution in [-0.4, -0.2) is 61.0 Å². The largest absolute Gasteiger partial charge is 0.370 e. The Kier molecular flexibility index (Phi) is 7.47. The third-order valence-electron chi connectivity index (χ3n) is 3.04. The molecule has 1 rings (SSSR count). The summed E-state index contributed by atoms with van der Waals surface area (Å²) in [6, 6.07) is 1.73. The average molecular weight is 313 g/mol. The van der Waals surface area contributed by atoms with Gasteiger partial charge in [0.15, 0.2) is 0 Å². The van der Waals surface area contributed by atoms with Crippen molar-refractivity contribution in [1.82, 2.24) is 14.8 Å². The van der Waals surface area contributed by atoms with Crippen molar-refractivity contribution in [3.63, 3.8) is 0 Å². The molecule has 6 heteroatoms. The minimum Gasteiger partial charge on any atom is -0.370 e. The van der Waals surface area contributed by atoms with Gasteiger partial charge in [0.05, 0.1) is 10.6 Å². The van der Waals surface area contributed by atoms with Crippen molar-refractivity contribution in [2.75, 3.05) is 45.6 Å². The second-order valence-corrected chi connectivity index (χ2v) is 5.58. The number of carbonyl (C=O) groups excluding carboxylic acids is 1. The predicted octanol–water partition coefficient (Wildman–Crippen LogP) is 2.58. The molecule has 0 aliphatic rings. The van der Waals surface area contributed by atoms with Gasteiger partial charge >= 0.3 is 0 Å². The molecule has 1 aromatic rings. The Morgan fingerprint density at radius 1 is 1.29 bits per heavy atom. The lowest BCUT2D eigenvalue weighted by atomic mass is 10.2. The Balaban J connectivity index is 2.93. The molecule has 0 spiro atoms. The van der Waals surface area contributed by atoms with Crippen LogP contribution in [0.15, 0.2) is 12.3 Å². The maximum atomic E-state index is 12.7. The van der Waals surface area contributed by atoms with Gasteiger partial charge in [0, 0.05) is 32.4 Å². The zero-order valence-corrected chi connectivity index (χ0v) is 14.1. The maximum absolute atomic E-state index is 12.7. The summed E-state index contributed by atoms with van der Waals surface area (Å²) >= 11 is 6.15. The fourth-order valence-electron chi connectivity index (χ4n) is 1.96. The van der Waals surface area contributed by atoms with E-state index in [1.807, 2.05) is 25.9 Å². The molecular weight excluding hydrogens is 288 g/mol. The minimum atomic E-state index is -0.0368. The molecule has 118 valence electrons. The number of rotatable bonds is 8. The van der Waals surface area contributed by atoms with Gasteiger partial charge in [-0.15, -0.1) is 0 Å². The van der Waals surface area contributed by atoms with E-state index in [1.54, 1.807) is 6.07 Å². The van der Waals surface area contributed by atoms with Crippen molar-refractivity contribution >= 4 is 23.3 Å². The highest BCUT2D eigenvalue weighted by molar-refractivity contribution is 6.33. The zero-order valence-electron chi connectivity index (χ0n) is 13.3. The fourth-order valence-corrected chi connectivity index (χ4v) is 2.14. The first kappa shape index (κ1) is 17.7. The molecule has 0 fully saturated rings. The topological polar surface area (TPSA) is 48.5 Å². The van der Waals surface area contributed by atoms with Crippen LogP contribution < -0.4 is 5.32 Å². The molecule has 1 aromatic heterocycles. The molecule has 1 amide bonds. The highest BCUT2D eigenvalue weighted by atomic mass is 35.5. The van der Waals surface area contributed by atoms with Crippen molar-refractivity contribution in [2.45, 2.75) is 20.3 Å². The Morgan fingerprint density at radius 3 is 2.57 bits per heavy atom. The molecule has 0 bridgehead atoms. The van der Waals surface area contributed by atoms with Crippen LogP contribution in [0, 0.1) is 0 Å². The first-order valence-corrected chi connectivity index (χ1v) is 7.70. The lowest BCUT2D eigenvalue weighted by Crippen LogP contribution is -2.37. The molecule has 0 atom stereocenters. The van der Waals surface area contributed by atoms with Crippen LogP contribution in [0.4, 0.5) is 5.82 Å². The van der Waals surface area contributed by atoms with Crippen molar-refractivity contribution in [1.29, 1.82) is 0 Å². The van der Waals surface area contributed by atoms with Gasteiger partial charge in [-0.05, 0) is 33.5 Å². The minimum absolute atomic E-state index is 0.0368. The third kappa shape index (κ3) is 5.52. The quantitative estimate of drug-likeness (QED) is 0.801. The summed E-state index contributed by atoms with van der Waals surface area (Å²) in [6.45, 7) is 7.04. The van der Waals surface area contributed by atoms with E-state index in [9.17, 15) is 4.79 Å². The van der Waals surface area contributed by atoms with E-state index in [0.29, 0.717) is 22.9 Å². The molecule has 0 aromatic carbocycles. The fraction of sp³-hybridized carbons (Fsp3) is 0.600. The standard InChI is InChI=1S/C15H25ClN4O/c1-5-7-20(9-8-19(3)4)15(21)12-10-14(17-6-2)18-11-13(12)16/h10-11H,5-9H2,1-4H3,(H,17,18). The van der Waals surface area contributed by atoms with E-state index in [0.717, 1.165) is 26.1 Å². The van der Waals surface area contributed by atoms with E-state index in [4.69, 9.17) is 11.6 Å². The molecule has 1 N–H and O–H groups in total. The van der Waals surface area contributed by atoms with Crippen molar-refractivity contribution in [2.24, 2.45) is 0 Å². The molecule has 0 radical (unpaired) electrons. The monoisotopic (exact) mass is 312 g/mol. The summed E-state index contributed by atoms with van der Waals surface area (Å²) in [6.07, 6.45) is 2.45. The number of aromatic nitrogens is 1. The lowest BCUT2D eigenvalue weighted by molar-refractivity contribution is 0.0745. The van der Waals surface area contributed by atoms with Crippen LogP contribution in [0.25, 0.3) is 0 Å². The van der Waals surface area contributed by atoms with E-state index in [1.165, 1.54) is 6.20 Å². The Labute approximate surface area is 132 Å². The van der Waals surface area contributed by atoms with Crippen LogP contribution in [-0.2, 0) is 0 Å². The highest BCUT2D eigenvalue weighted by Gasteiger charge is 2.19. The number of pyridine rings is 1. The zero-order chi connectivity index (χ0) is 15.8. The molecule has 0 saturated carbocycles. The number of nitrogens with zero attached hydrogens (tertiary/aromatic N) is 3. The Hall–Kier alpha value is -1.33. The Morgan fingerprint density at radius 2 is 2.00 bits per heavy atom. The molecule has 5 nitrogen and oxygen atoms in total. The van der Waals surface area contributed by atoms with Crippen LogP contribution in [0.1, 0.15) is 30.6 Å². The first-order chi connectivity index (χ1) is 9.99. The molecule has 21 heavy (non-hydrogen) atoms. The van der Waals surface area contributed by atoms with Gasteiger partial charge < -0.3 is 15.1 Å². The molecular formula is C15H25ClN4O. The number of likely N-dealkylation sites (N-methyl/N-ethyl adjacent to an activating group) is 1. The highest BCUT2D eigenvalue weighted by Crippen LogP contribution is 2.20. The van der Waals surface area contributed by atoms with Gasteiger partial charge in [-0.2, -0.15) is 0 Å². The molecule has 0 aliphatic carbocycles. The normalized spacial score (nSPS) is 10.8. The first-order valence-electron chi connectivity index (χ1n) is 7.33. The number of halogens is 1. The number of amides is 1. The summed E-state index contributed by atoms with van der Waals surface area (Å²) in [5, 5.41) is 3.50. The van der Waals surface area contributed by atoms with Crippen LogP contribution in [0.3, 0.4) is 0 Å². The summed E-state index contributed by atoms with van der Waals surface area (Å²) in [4.78, 5) is 20.8. The second-order valence-electron chi connectivity index (χ2n) is 5.18. The third-order valence-corrected chi connectivity index (χ3v) is 3.34. The van der Waals surface area contributed by atoms with Crippen molar-refractivity contribution in [3.05, 3.63) is 22.8 Å². The van der Waals surface area contributed by atoms with E-state index in [-0.39, 0.29) is 5.91 Å². The average Bonchev–Trinajstić information content (AvgIpc) is 2.45. The van der Waals surface area contributed by atoms with Crippen molar-refractivity contribution in [3.8, 4) is 0 Å². The SMILES string of the molecule is CCCN(CCN(C)C)C(=O)c1cc(NCC)ncc1Cl. The smallest absolute Gasteiger partial charge is 0.255 e. The van der Waals surface area contributed by atoms with Gasteiger partial charge in [0.1, 0.15) is 5.82 Å². The van der Waals surface area contributed by atoms with E-state index in [2.05, 4.69) is 22.1 Å². The number of nitrogens with one attached hydrogen (secondary N) is 1. The van der Waals surface area contributed by atoms with E-state index >= 15 is 0 Å². The predicted molar refractivity (Wildman–Crippen MR) is 88.2 cm³/mol. The van der Waals surface area contributed by atoms with E-state index < -0.39 is 0 Å². The summed E-state index contributed by atoms with van der Waals surface area (Å²) in [5.41, 5.74) is 0.509. The van der Waals surface area contributed by atoms with Gasteiger partial charge in [0.2, 0.25) is 0 Å². The van der Waals surface area contributed by atoms with Crippen LogP contribution >= 0.6 is 11.6 Å². The van der Waals surface area contributed by atoms with Crippen molar-refractivity contribution < 1.29 is 4.79 Å². The number of hydrogen-bond donors (Lipinski definition) is 1. The molecule has 0 aliphatic heterocycles. The molecule has 0 saturated heterocycles. The second kappa shape index (κ2) is 8.85. The molecule has 0 unspecified atom stereocenters. The summed E-state index contributed by atoms with van der Waals surface area (Å²) in [7, 11) is 3.99. The Bertz CT molecular complexity index is 465. The molecule has 1 heterocycles. The number of anilines is 1. The number of hydrogen-bond acceptors (Lipinski definition) is 4. The van der Waals surface area contributed by atoms with Gasteiger partial charge in [-0.25, -0.2) is 4.98 Å². The van der Waals surface area contributed by atoms with Crippen LogP contribution in [0.5, 0.6) is 0 Å². The lowest BCUT2D eigenvalue weighted by Gasteiger charge is -2.24. The van der Waals surface area contributed by atoms with Gasteiger partial charge in [0.25, 0.3) is 5.91 Å². The van der Waals surface area contributed by atoms with Crippen LogP contribution in [0.2, 0.25) is 5.02 Å². The van der Waals surface area contributed by atoms with Gasteiger partial charge in [-0.1, -0.05) is 18.5 Å². The van der Waals surface area contributed by atoms with Gasteiger partial charge in [-0.3, -0.25) is 4.79 Å². The summed E-state index contributed by atoms with van der Waals surface area (Å²) in [5.74, 6) is 0.638. The summed E-state index contributed by atoms with van der Waals surface area (Å²) < 4.78 is 0. The maximum Gasteiger partial charge on any atom is 0.255 e.